The van der Waals surface area contributed by atoms with Crippen molar-refractivity contribution in [3.8, 4) is 5.75 Å². The summed E-state index contributed by atoms with van der Waals surface area (Å²) in [5, 5.41) is 2.52. The van der Waals surface area contributed by atoms with Crippen LogP contribution in [0.2, 0.25) is 15.1 Å². The molecule has 0 bridgehead atoms. The van der Waals surface area contributed by atoms with E-state index in [1.807, 2.05) is 0 Å². The fourth-order valence-corrected chi connectivity index (χ4v) is 2.24. The first kappa shape index (κ1) is 18.3. The Bertz CT molecular complexity index is 783. The minimum absolute atomic E-state index is 0.0129. The van der Waals surface area contributed by atoms with E-state index in [9.17, 15) is 9.59 Å². The van der Waals surface area contributed by atoms with E-state index in [0.29, 0.717) is 11.4 Å². The van der Waals surface area contributed by atoms with Gasteiger partial charge >= 0.3 is 5.97 Å². The number of ether oxygens (including phenoxy) is 2. The van der Waals surface area contributed by atoms with Gasteiger partial charge in [-0.3, -0.25) is 4.79 Å². The third-order valence-corrected chi connectivity index (χ3v) is 4.04. The Morgan fingerprint density at radius 1 is 1.21 bits per heavy atom. The van der Waals surface area contributed by atoms with Crippen LogP contribution in [-0.2, 0) is 9.53 Å². The third kappa shape index (κ3) is 4.50. The number of rotatable bonds is 5. The second kappa shape index (κ2) is 8.19. The van der Waals surface area contributed by atoms with Crippen LogP contribution in [0.5, 0.6) is 5.75 Å². The minimum Gasteiger partial charge on any atom is -0.497 e. The second-order valence-corrected chi connectivity index (χ2v) is 5.60. The molecule has 24 heavy (non-hydrogen) atoms. The van der Waals surface area contributed by atoms with E-state index in [1.54, 1.807) is 24.3 Å². The number of carbonyl (C=O) groups is 2. The molecule has 0 aliphatic heterocycles. The molecule has 0 atom stereocenters. The number of aromatic nitrogens is 1. The predicted octanol–water partition coefficient (Wildman–Crippen LogP) is 3.85. The van der Waals surface area contributed by atoms with Crippen molar-refractivity contribution in [1.82, 2.24) is 4.98 Å². The quantitative estimate of drug-likeness (QED) is 0.786. The molecule has 0 radical (unpaired) electrons. The molecule has 0 fully saturated rings. The van der Waals surface area contributed by atoms with Gasteiger partial charge in [0.25, 0.3) is 5.91 Å². The van der Waals surface area contributed by atoms with Gasteiger partial charge in [-0.1, -0.05) is 40.9 Å². The molecule has 0 saturated carbocycles. The van der Waals surface area contributed by atoms with Gasteiger partial charge in [-0.05, 0) is 12.1 Å². The lowest BCUT2D eigenvalue weighted by Crippen LogP contribution is -2.21. The minimum atomic E-state index is -0.889. The van der Waals surface area contributed by atoms with Crippen LogP contribution in [0.3, 0.4) is 0 Å². The van der Waals surface area contributed by atoms with Crippen molar-refractivity contribution < 1.29 is 19.1 Å². The number of hydrogen-bond acceptors (Lipinski definition) is 5. The number of anilines is 1. The molecular formula is C15H11Cl3N2O4. The van der Waals surface area contributed by atoms with Gasteiger partial charge in [0.1, 0.15) is 5.75 Å². The highest BCUT2D eigenvalue weighted by molar-refractivity contribution is 6.48. The predicted molar refractivity (Wildman–Crippen MR) is 91.2 cm³/mol. The summed E-state index contributed by atoms with van der Waals surface area (Å²) < 4.78 is 9.91. The fourth-order valence-electron chi connectivity index (χ4n) is 1.68. The van der Waals surface area contributed by atoms with Gasteiger partial charge in [0, 0.05) is 18.0 Å². The van der Waals surface area contributed by atoms with Crippen LogP contribution in [0.4, 0.5) is 5.69 Å². The van der Waals surface area contributed by atoms with E-state index in [2.05, 4.69) is 10.3 Å². The summed E-state index contributed by atoms with van der Waals surface area (Å²) in [5.41, 5.74) is 0.279. The first-order chi connectivity index (χ1) is 11.4. The van der Waals surface area contributed by atoms with E-state index in [1.165, 1.54) is 13.3 Å². The zero-order chi connectivity index (χ0) is 17.7. The number of nitrogens with one attached hydrogen (secondary N) is 1. The van der Waals surface area contributed by atoms with Crippen LogP contribution < -0.4 is 10.1 Å². The Morgan fingerprint density at radius 3 is 2.67 bits per heavy atom. The van der Waals surface area contributed by atoms with Crippen LogP contribution in [0.15, 0.2) is 30.5 Å². The van der Waals surface area contributed by atoms with Crippen molar-refractivity contribution in [2.45, 2.75) is 0 Å². The lowest BCUT2D eigenvalue weighted by atomic mass is 10.3. The molecule has 0 aliphatic carbocycles. The van der Waals surface area contributed by atoms with Crippen molar-refractivity contribution in [1.29, 1.82) is 0 Å². The third-order valence-electron chi connectivity index (χ3n) is 2.80. The number of amides is 1. The molecule has 9 heteroatoms. The summed E-state index contributed by atoms with van der Waals surface area (Å²) in [5.74, 6) is -0.844. The van der Waals surface area contributed by atoms with Gasteiger partial charge in [0.15, 0.2) is 12.3 Å². The molecule has 126 valence electrons. The highest BCUT2D eigenvalue weighted by Gasteiger charge is 2.19. The van der Waals surface area contributed by atoms with Crippen molar-refractivity contribution in [2.75, 3.05) is 19.0 Å². The normalized spacial score (nSPS) is 10.2. The molecule has 0 unspecified atom stereocenters. The highest BCUT2D eigenvalue weighted by Crippen LogP contribution is 2.31. The topological polar surface area (TPSA) is 77.5 Å². The maximum Gasteiger partial charge on any atom is 0.359 e. The van der Waals surface area contributed by atoms with Crippen molar-refractivity contribution in [3.63, 3.8) is 0 Å². The Morgan fingerprint density at radius 2 is 1.96 bits per heavy atom. The standard InChI is InChI=1S/C15H11Cl3N2O4/c1-23-9-4-2-3-8(5-9)20-11(21)7-24-15(22)14-13(18)12(17)10(16)6-19-14/h2-6H,7H2,1H3,(H,20,21). The van der Waals surface area contributed by atoms with Crippen LogP contribution >= 0.6 is 34.8 Å². The Kier molecular flexibility index (Phi) is 6.25. The summed E-state index contributed by atoms with van der Waals surface area (Å²) in [7, 11) is 1.51. The number of pyridine rings is 1. The van der Waals surface area contributed by atoms with E-state index >= 15 is 0 Å². The maximum atomic E-state index is 11.9. The average Bonchev–Trinajstić information content (AvgIpc) is 2.58. The van der Waals surface area contributed by atoms with E-state index in [-0.39, 0.29) is 20.8 Å². The number of esters is 1. The smallest absolute Gasteiger partial charge is 0.359 e. The molecule has 1 aromatic heterocycles. The van der Waals surface area contributed by atoms with Crippen molar-refractivity contribution in [3.05, 3.63) is 51.2 Å². The molecular weight excluding hydrogens is 379 g/mol. The number of nitrogens with zero attached hydrogens (tertiary/aromatic N) is 1. The molecule has 6 nitrogen and oxygen atoms in total. The van der Waals surface area contributed by atoms with Gasteiger partial charge in [0.05, 0.1) is 22.2 Å². The van der Waals surface area contributed by atoms with Crippen molar-refractivity contribution >= 4 is 52.4 Å². The average molecular weight is 390 g/mol. The number of hydrogen-bond donors (Lipinski definition) is 1. The van der Waals surface area contributed by atoms with Gasteiger partial charge in [-0.15, -0.1) is 0 Å². The monoisotopic (exact) mass is 388 g/mol. The molecule has 1 amide bonds. The number of carbonyl (C=O) groups excluding carboxylic acids is 2. The fraction of sp³-hybridized carbons (Fsp3) is 0.133. The zero-order valence-corrected chi connectivity index (χ0v) is 14.6. The van der Waals surface area contributed by atoms with Crippen molar-refractivity contribution in [2.24, 2.45) is 0 Å². The van der Waals surface area contributed by atoms with E-state index in [0.717, 1.165) is 0 Å². The first-order valence-corrected chi connectivity index (χ1v) is 7.66. The number of halogens is 3. The zero-order valence-electron chi connectivity index (χ0n) is 12.3. The number of benzene rings is 1. The lowest BCUT2D eigenvalue weighted by Gasteiger charge is -2.09. The Labute approximate surface area is 152 Å². The molecule has 1 aromatic carbocycles. The molecule has 0 aliphatic rings. The Balaban J connectivity index is 1.96. The summed E-state index contributed by atoms with van der Waals surface area (Å²) in [6.07, 6.45) is 1.17. The lowest BCUT2D eigenvalue weighted by molar-refractivity contribution is -0.119. The van der Waals surface area contributed by atoms with Crippen LogP contribution in [0.25, 0.3) is 0 Å². The van der Waals surface area contributed by atoms with Gasteiger partial charge in [0.2, 0.25) is 0 Å². The summed E-state index contributed by atoms with van der Waals surface area (Å²) in [6, 6.07) is 6.73. The molecule has 1 N–H and O–H groups in total. The molecule has 2 rings (SSSR count). The van der Waals surface area contributed by atoms with E-state index < -0.39 is 18.5 Å². The first-order valence-electron chi connectivity index (χ1n) is 6.53. The van der Waals surface area contributed by atoms with Crippen LogP contribution in [-0.4, -0.2) is 30.6 Å². The number of methoxy groups -OCH3 is 1. The SMILES string of the molecule is COc1cccc(NC(=O)COC(=O)c2ncc(Cl)c(Cl)c2Cl)c1. The Hall–Kier alpha value is -2.02. The molecule has 1 heterocycles. The van der Waals surface area contributed by atoms with E-state index in [4.69, 9.17) is 44.3 Å². The maximum absolute atomic E-state index is 11.9. The van der Waals surface area contributed by atoms with Crippen LogP contribution in [0.1, 0.15) is 10.5 Å². The summed E-state index contributed by atoms with van der Waals surface area (Å²) in [4.78, 5) is 27.5. The molecule has 0 spiro atoms. The summed E-state index contributed by atoms with van der Waals surface area (Å²) in [6.45, 7) is -0.520. The van der Waals surface area contributed by atoms with Gasteiger partial charge < -0.3 is 14.8 Å². The largest absolute Gasteiger partial charge is 0.497 e. The molecule has 2 aromatic rings. The van der Waals surface area contributed by atoms with Crippen LogP contribution in [0, 0.1) is 0 Å². The van der Waals surface area contributed by atoms with Gasteiger partial charge in [-0.25, -0.2) is 9.78 Å². The summed E-state index contributed by atoms with van der Waals surface area (Å²) >= 11 is 17.4. The second-order valence-electron chi connectivity index (χ2n) is 4.44. The molecule has 0 saturated heterocycles. The van der Waals surface area contributed by atoms with Gasteiger partial charge in [-0.2, -0.15) is 0 Å². The highest BCUT2D eigenvalue weighted by atomic mass is 35.5.